The molecular formula is C17H18Cl2N4OS. The second-order valence-electron chi connectivity index (χ2n) is 5.83. The molecule has 0 atom stereocenters. The molecule has 1 saturated heterocycles. The summed E-state index contributed by atoms with van der Waals surface area (Å²) in [5, 5.41) is 13.4. The number of hydrogen-bond donors (Lipinski definition) is 1. The van der Waals surface area contributed by atoms with E-state index in [0.717, 1.165) is 30.2 Å². The van der Waals surface area contributed by atoms with E-state index in [1.807, 2.05) is 0 Å². The predicted octanol–water partition coefficient (Wildman–Crippen LogP) is 4.48. The van der Waals surface area contributed by atoms with Crippen molar-refractivity contribution < 1.29 is 4.79 Å². The van der Waals surface area contributed by atoms with Gasteiger partial charge in [-0.25, -0.2) is 0 Å². The summed E-state index contributed by atoms with van der Waals surface area (Å²) in [5.74, 6) is -0.272. The minimum atomic E-state index is -0.272. The number of rotatable bonds is 5. The maximum atomic E-state index is 12.0. The first-order chi connectivity index (χ1) is 12.1. The molecule has 2 heterocycles. The maximum absolute atomic E-state index is 12.0. The van der Waals surface area contributed by atoms with Crippen LogP contribution < -0.4 is 5.32 Å². The second kappa shape index (κ2) is 8.76. The SMILES string of the molecule is O=C(/C=C/c1ccc(Cl)cc1Cl)Nc1nnc(CN2CCCCC2)s1. The van der Waals surface area contributed by atoms with Crippen molar-refractivity contribution in [1.82, 2.24) is 15.1 Å². The molecule has 3 rings (SSSR count). The van der Waals surface area contributed by atoms with Crippen LogP contribution >= 0.6 is 34.5 Å². The standard InChI is InChI=1S/C17H18Cl2N4OS/c18-13-6-4-12(14(19)10-13)5-7-15(24)20-17-22-21-16(25-17)11-23-8-2-1-3-9-23/h4-7,10H,1-3,8-9,11H2,(H,20,22,24)/b7-5+. The van der Waals surface area contributed by atoms with Crippen molar-refractivity contribution in [2.75, 3.05) is 18.4 Å². The van der Waals surface area contributed by atoms with Crippen molar-refractivity contribution in [1.29, 1.82) is 0 Å². The first-order valence-corrected chi connectivity index (χ1v) is 9.66. The highest BCUT2D eigenvalue weighted by molar-refractivity contribution is 7.15. The molecule has 1 aliphatic rings. The van der Waals surface area contributed by atoms with Gasteiger partial charge in [-0.15, -0.1) is 10.2 Å². The van der Waals surface area contributed by atoms with E-state index in [9.17, 15) is 4.79 Å². The summed E-state index contributed by atoms with van der Waals surface area (Å²) in [5.41, 5.74) is 0.726. The third-order valence-electron chi connectivity index (χ3n) is 3.88. The number of piperidine rings is 1. The first-order valence-electron chi connectivity index (χ1n) is 8.09. The van der Waals surface area contributed by atoms with Gasteiger partial charge in [0.1, 0.15) is 5.01 Å². The Balaban J connectivity index is 1.55. The van der Waals surface area contributed by atoms with Gasteiger partial charge in [-0.05, 0) is 49.7 Å². The number of nitrogens with one attached hydrogen (secondary N) is 1. The van der Waals surface area contributed by atoms with Crippen LogP contribution in [0.15, 0.2) is 24.3 Å². The van der Waals surface area contributed by atoms with Crippen LogP contribution in [0.25, 0.3) is 6.08 Å². The minimum absolute atomic E-state index is 0.272. The molecule has 1 aromatic heterocycles. The van der Waals surface area contributed by atoms with Crippen LogP contribution in [0.1, 0.15) is 29.8 Å². The number of nitrogens with zero attached hydrogens (tertiary/aromatic N) is 3. The smallest absolute Gasteiger partial charge is 0.250 e. The molecule has 1 N–H and O–H groups in total. The van der Waals surface area contributed by atoms with Gasteiger partial charge in [-0.3, -0.25) is 15.0 Å². The Morgan fingerprint density at radius 3 is 2.80 bits per heavy atom. The van der Waals surface area contributed by atoms with E-state index in [2.05, 4.69) is 20.4 Å². The summed E-state index contributed by atoms with van der Waals surface area (Å²) in [6, 6.07) is 5.12. The Labute approximate surface area is 160 Å². The lowest BCUT2D eigenvalue weighted by atomic mass is 10.1. The van der Waals surface area contributed by atoms with Crippen LogP contribution in [0, 0.1) is 0 Å². The molecule has 0 aliphatic carbocycles. The quantitative estimate of drug-likeness (QED) is 0.756. The molecule has 2 aromatic rings. The van der Waals surface area contributed by atoms with Gasteiger partial charge in [0, 0.05) is 16.1 Å². The Morgan fingerprint density at radius 1 is 1.24 bits per heavy atom. The first kappa shape index (κ1) is 18.3. The van der Waals surface area contributed by atoms with Crippen molar-refractivity contribution >= 4 is 51.7 Å². The van der Waals surface area contributed by atoms with Gasteiger partial charge in [0.15, 0.2) is 0 Å². The van der Waals surface area contributed by atoms with Crippen molar-refractivity contribution in [2.45, 2.75) is 25.8 Å². The van der Waals surface area contributed by atoms with Gasteiger partial charge in [0.05, 0.1) is 6.54 Å². The zero-order valence-corrected chi connectivity index (χ0v) is 15.9. The Bertz CT molecular complexity index is 772. The van der Waals surface area contributed by atoms with Gasteiger partial charge in [-0.1, -0.05) is 47.0 Å². The molecule has 1 aliphatic heterocycles. The van der Waals surface area contributed by atoms with Crippen LogP contribution in [0.3, 0.4) is 0 Å². The van der Waals surface area contributed by atoms with Gasteiger partial charge in [0.2, 0.25) is 11.0 Å². The predicted molar refractivity (Wildman–Crippen MR) is 103 cm³/mol. The molecule has 5 nitrogen and oxygen atoms in total. The van der Waals surface area contributed by atoms with E-state index in [1.165, 1.54) is 36.7 Å². The Morgan fingerprint density at radius 2 is 2.04 bits per heavy atom. The number of aromatic nitrogens is 2. The fourth-order valence-electron chi connectivity index (χ4n) is 2.63. The van der Waals surface area contributed by atoms with Crippen molar-refractivity contribution in [3.05, 3.63) is 44.9 Å². The average molecular weight is 397 g/mol. The number of carbonyl (C=O) groups excluding carboxylic acids is 1. The van der Waals surface area contributed by atoms with Crippen LogP contribution in [0.2, 0.25) is 10.0 Å². The molecule has 0 spiro atoms. The van der Waals surface area contributed by atoms with E-state index in [1.54, 1.807) is 24.3 Å². The van der Waals surface area contributed by atoms with Crippen molar-refractivity contribution in [2.24, 2.45) is 0 Å². The molecule has 132 valence electrons. The lowest BCUT2D eigenvalue weighted by Gasteiger charge is -2.24. The second-order valence-corrected chi connectivity index (χ2v) is 7.73. The number of anilines is 1. The highest BCUT2D eigenvalue weighted by Gasteiger charge is 2.13. The van der Waals surface area contributed by atoms with E-state index >= 15 is 0 Å². The monoisotopic (exact) mass is 396 g/mol. The number of benzene rings is 1. The maximum Gasteiger partial charge on any atom is 0.250 e. The molecule has 0 saturated carbocycles. The van der Waals surface area contributed by atoms with Crippen LogP contribution in [0.4, 0.5) is 5.13 Å². The van der Waals surface area contributed by atoms with Crippen LogP contribution in [-0.4, -0.2) is 34.1 Å². The number of carbonyl (C=O) groups is 1. The third-order valence-corrected chi connectivity index (χ3v) is 5.27. The molecule has 0 radical (unpaired) electrons. The molecule has 1 amide bonds. The number of halogens is 2. The molecule has 1 aromatic carbocycles. The lowest BCUT2D eigenvalue weighted by Crippen LogP contribution is -2.28. The lowest BCUT2D eigenvalue weighted by molar-refractivity contribution is -0.111. The summed E-state index contributed by atoms with van der Waals surface area (Å²) >= 11 is 13.3. The van der Waals surface area contributed by atoms with Gasteiger partial charge < -0.3 is 0 Å². The zero-order valence-electron chi connectivity index (χ0n) is 13.5. The molecule has 0 unspecified atom stereocenters. The summed E-state index contributed by atoms with van der Waals surface area (Å²) in [6.45, 7) is 3.00. The molecule has 0 bridgehead atoms. The molecular weight excluding hydrogens is 379 g/mol. The number of hydrogen-bond acceptors (Lipinski definition) is 5. The fourth-order valence-corrected chi connectivity index (χ4v) is 3.88. The van der Waals surface area contributed by atoms with Crippen LogP contribution in [0.5, 0.6) is 0 Å². The van der Waals surface area contributed by atoms with Gasteiger partial charge >= 0.3 is 0 Å². The molecule has 1 fully saturated rings. The Kier molecular flexibility index (Phi) is 6.42. The average Bonchev–Trinajstić information content (AvgIpc) is 3.02. The van der Waals surface area contributed by atoms with Crippen LogP contribution in [-0.2, 0) is 11.3 Å². The highest BCUT2D eigenvalue weighted by Crippen LogP contribution is 2.22. The largest absolute Gasteiger partial charge is 0.297 e. The van der Waals surface area contributed by atoms with E-state index in [-0.39, 0.29) is 5.91 Å². The Hall–Kier alpha value is -1.47. The number of amides is 1. The van der Waals surface area contributed by atoms with Crippen molar-refractivity contribution in [3.63, 3.8) is 0 Å². The summed E-state index contributed by atoms with van der Waals surface area (Å²) in [4.78, 5) is 14.4. The fraction of sp³-hybridized carbons (Fsp3) is 0.353. The topological polar surface area (TPSA) is 58.1 Å². The number of likely N-dealkylation sites (tertiary alicyclic amines) is 1. The molecule has 25 heavy (non-hydrogen) atoms. The van der Waals surface area contributed by atoms with Gasteiger partial charge in [0.25, 0.3) is 0 Å². The van der Waals surface area contributed by atoms with E-state index < -0.39 is 0 Å². The summed E-state index contributed by atoms with van der Waals surface area (Å²) in [6.07, 6.45) is 6.84. The van der Waals surface area contributed by atoms with Gasteiger partial charge in [-0.2, -0.15) is 0 Å². The van der Waals surface area contributed by atoms with Crippen molar-refractivity contribution in [3.8, 4) is 0 Å². The van der Waals surface area contributed by atoms with E-state index in [0.29, 0.717) is 15.2 Å². The summed E-state index contributed by atoms with van der Waals surface area (Å²) < 4.78 is 0. The molecule has 8 heteroatoms. The third kappa shape index (κ3) is 5.51. The minimum Gasteiger partial charge on any atom is -0.297 e. The zero-order chi connectivity index (χ0) is 17.6. The summed E-state index contributed by atoms with van der Waals surface area (Å²) in [7, 11) is 0. The van der Waals surface area contributed by atoms with E-state index in [4.69, 9.17) is 23.2 Å². The normalized spacial score (nSPS) is 15.6. The highest BCUT2D eigenvalue weighted by atomic mass is 35.5.